The largest absolute Gasteiger partial charge is 0.486 e. The van der Waals surface area contributed by atoms with Crippen LogP contribution in [0.3, 0.4) is 0 Å². The quantitative estimate of drug-likeness (QED) is 0.877. The third kappa shape index (κ3) is 2.89. The molecule has 0 unspecified atom stereocenters. The van der Waals surface area contributed by atoms with Gasteiger partial charge in [0.25, 0.3) is 0 Å². The summed E-state index contributed by atoms with van der Waals surface area (Å²) in [5.41, 5.74) is 9.16. The van der Waals surface area contributed by atoms with Gasteiger partial charge >= 0.3 is 0 Å². The number of benzene rings is 2. The first kappa shape index (κ1) is 13.6. The van der Waals surface area contributed by atoms with Crippen LogP contribution in [0.4, 0.5) is 11.4 Å². The van der Waals surface area contributed by atoms with E-state index in [-0.39, 0.29) is 0 Å². The Morgan fingerprint density at radius 1 is 1.05 bits per heavy atom. The van der Waals surface area contributed by atoms with E-state index in [9.17, 15) is 0 Å². The molecule has 0 aliphatic carbocycles. The fraction of sp³-hybridized carbons (Fsp3) is 0.294. The SMILES string of the molecule is CCN(Cc1cc2c(cc1N)OCCO2)c1ccccc1. The summed E-state index contributed by atoms with van der Waals surface area (Å²) in [6.07, 6.45) is 0. The zero-order chi connectivity index (χ0) is 14.7. The van der Waals surface area contributed by atoms with Crippen molar-refractivity contribution in [1.82, 2.24) is 0 Å². The van der Waals surface area contributed by atoms with Gasteiger partial charge in [-0.1, -0.05) is 18.2 Å². The fourth-order valence-electron chi connectivity index (χ4n) is 2.51. The average molecular weight is 284 g/mol. The van der Waals surface area contributed by atoms with Crippen LogP contribution in [-0.4, -0.2) is 19.8 Å². The van der Waals surface area contributed by atoms with Crippen molar-refractivity contribution in [2.45, 2.75) is 13.5 Å². The Balaban J connectivity index is 1.86. The van der Waals surface area contributed by atoms with E-state index in [0.717, 1.165) is 35.8 Å². The highest BCUT2D eigenvalue weighted by atomic mass is 16.6. The summed E-state index contributed by atoms with van der Waals surface area (Å²) in [5.74, 6) is 1.53. The van der Waals surface area contributed by atoms with Crippen molar-refractivity contribution in [2.75, 3.05) is 30.4 Å². The lowest BCUT2D eigenvalue weighted by atomic mass is 10.1. The van der Waals surface area contributed by atoms with E-state index in [2.05, 4.69) is 24.0 Å². The number of anilines is 2. The molecule has 3 rings (SSSR count). The predicted octanol–water partition coefficient (Wildman–Crippen LogP) is 3.07. The summed E-state index contributed by atoms with van der Waals surface area (Å²) in [6.45, 7) is 4.98. The summed E-state index contributed by atoms with van der Waals surface area (Å²) in [5, 5.41) is 0. The summed E-state index contributed by atoms with van der Waals surface area (Å²) in [7, 11) is 0. The fourth-order valence-corrected chi connectivity index (χ4v) is 2.51. The van der Waals surface area contributed by atoms with Crippen LogP contribution in [0, 0.1) is 0 Å². The molecule has 1 heterocycles. The zero-order valence-corrected chi connectivity index (χ0v) is 12.2. The first-order valence-electron chi connectivity index (χ1n) is 7.26. The average Bonchev–Trinajstić information content (AvgIpc) is 2.53. The van der Waals surface area contributed by atoms with Crippen molar-refractivity contribution in [2.24, 2.45) is 0 Å². The van der Waals surface area contributed by atoms with Gasteiger partial charge in [0.2, 0.25) is 0 Å². The summed E-state index contributed by atoms with van der Waals surface area (Å²) < 4.78 is 11.2. The molecule has 0 bridgehead atoms. The molecule has 0 spiro atoms. The Hall–Kier alpha value is -2.36. The number of rotatable bonds is 4. The molecule has 4 heteroatoms. The molecule has 0 amide bonds. The monoisotopic (exact) mass is 284 g/mol. The number of hydrogen-bond donors (Lipinski definition) is 1. The molecule has 0 aromatic heterocycles. The second-order valence-electron chi connectivity index (χ2n) is 5.04. The summed E-state index contributed by atoms with van der Waals surface area (Å²) >= 11 is 0. The molecule has 0 radical (unpaired) electrons. The van der Waals surface area contributed by atoms with E-state index < -0.39 is 0 Å². The lowest BCUT2D eigenvalue weighted by Crippen LogP contribution is -2.23. The van der Waals surface area contributed by atoms with Crippen LogP contribution >= 0.6 is 0 Å². The van der Waals surface area contributed by atoms with Gasteiger partial charge in [-0.05, 0) is 30.7 Å². The minimum Gasteiger partial charge on any atom is -0.486 e. The minimum absolute atomic E-state index is 0.580. The molecule has 4 nitrogen and oxygen atoms in total. The van der Waals surface area contributed by atoms with Crippen LogP contribution in [-0.2, 0) is 6.54 Å². The maximum Gasteiger partial charge on any atom is 0.163 e. The Morgan fingerprint density at radius 3 is 2.38 bits per heavy atom. The molecular formula is C17H20N2O2. The van der Waals surface area contributed by atoms with Crippen LogP contribution in [0.25, 0.3) is 0 Å². The predicted molar refractivity (Wildman–Crippen MR) is 85.0 cm³/mol. The molecule has 21 heavy (non-hydrogen) atoms. The first-order chi connectivity index (χ1) is 10.3. The molecule has 1 aliphatic heterocycles. The highest BCUT2D eigenvalue weighted by Crippen LogP contribution is 2.35. The van der Waals surface area contributed by atoms with Gasteiger partial charge in [0.05, 0.1) is 0 Å². The molecule has 2 N–H and O–H groups in total. The van der Waals surface area contributed by atoms with Crippen molar-refractivity contribution in [1.29, 1.82) is 0 Å². The molecular weight excluding hydrogens is 264 g/mol. The first-order valence-corrected chi connectivity index (χ1v) is 7.26. The van der Waals surface area contributed by atoms with E-state index in [1.807, 2.05) is 30.3 Å². The van der Waals surface area contributed by atoms with Crippen LogP contribution < -0.4 is 20.1 Å². The van der Waals surface area contributed by atoms with Crippen LogP contribution in [0.5, 0.6) is 11.5 Å². The van der Waals surface area contributed by atoms with Gasteiger partial charge in [-0.15, -0.1) is 0 Å². The van der Waals surface area contributed by atoms with Crippen LogP contribution in [0.1, 0.15) is 12.5 Å². The normalized spacial score (nSPS) is 13.0. The van der Waals surface area contributed by atoms with Gasteiger partial charge in [-0.25, -0.2) is 0 Å². The summed E-state index contributed by atoms with van der Waals surface area (Å²) in [6, 6.07) is 14.2. The third-order valence-electron chi connectivity index (χ3n) is 3.67. The lowest BCUT2D eigenvalue weighted by molar-refractivity contribution is 0.171. The Kier molecular flexibility index (Phi) is 3.86. The number of nitrogens with two attached hydrogens (primary N) is 1. The van der Waals surface area contributed by atoms with E-state index in [1.165, 1.54) is 5.69 Å². The van der Waals surface area contributed by atoms with Crippen molar-refractivity contribution in [3.8, 4) is 11.5 Å². The summed E-state index contributed by atoms with van der Waals surface area (Å²) in [4.78, 5) is 2.28. The number of ether oxygens (including phenoxy) is 2. The number of para-hydroxylation sites is 1. The van der Waals surface area contributed by atoms with Crippen LogP contribution in [0.15, 0.2) is 42.5 Å². The lowest BCUT2D eigenvalue weighted by Gasteiger charge is -2.25. The van der Waals surface area contributed by atoms with Gasteiger partial charge < -0.3 is 20.1 Å². The molecule has 0 atom stereocenters. The Morgan fingerprint density at radius 2 is 1.71 bits per heavy atom. The highest BCUT2D eigenvalue weighted by Gasteiger charge is 2.16. The van der Waals surface area contributed by atoms with Crippen LogP contribution in [0.2, 0.25) is 0 Å². The van der Waals surface area contributed by atoms with Gasteiger partial charge in [0.15, 0.2) is 11.5 Å². The smallest absolute Gasteiger partial charge is 0.163 e. The Labute approximate surface area is 125 Å². The molecule has 110 valence electrons. The van der Waals surface area contributed by atoms with Crippen molar-refractivity contribution in [3.63, 3.8) is 0 Å². The number of fused-ring (bicyclic) bond motifs is 1. The molecule has 1 aliphatic rings. The van der Waals surface area contributed by atoms with Crippen molar-refractivity contribution in [3.05, 3.63) is 48.0 Å². The molecule has 0 saturated heterocycles. The van der Waals surface area contributed by atoms with E-state index in [1.54, 1.807) is 0 Å². The topological polar surface area (TPSA) is 47.7 Å². The maximum atomic E-state index is 6.16. The number of nitrogens with zero attached hydrogens (tertiary/aromatic N) is 1. The molecule has 2 aromatic carbocycles. The van der Waals surface area contributed by atoms with Gasteiger partial charge in [0.1, 0.15) is 13.2 Å². The second kappa shape index (κ2) is 5.95. The van der Waals surface area contributed by atoms with Crippen molar-refractivity contribution < 1.29 is 9.47 Å². The molecule has 2 aromatic rings. The number of hydrogen-bond acceptors (Lipinski definition) is 4. The zero-order valence-electron chi connectivity index (χ0n) is 12.2. The van der Waals surface area contributed by atoms with Crippen molar-refractivity contribution >= 4 is 11.4 Å². The van der Waals surface area contributed by atoms with E-state index in [0.29, 0.717) is 13.2 Å². The standard InChI is InChI=1S/C17H20N2O2/c1-2-19(14-6-4-3-5-7-14)12-13-10-16-17(11-15(13)18)21-9-8-20-16/h3-7,10-11H,2,8-9,12,18H2,1H3. The minimum atomic E-state index is 0.580. The second-order valence-corrected chi connectivity index (χ2v) is 5.04. The molecule has 0 fully saturated rings. The van der Waals surface area contributed by atoms with E-state index in [4.69, 9.17) is 15.2 Å². The maximum absolute atomic E-state index is 6.16. The Bertz CT molecular complexity index is 614. The van der Waals surface area contributed by atoms with E-state index >= 15 is 0 Å². The highest BCUT2D eigenvalue weighted by molar-refractivity contribution is 5.60. The molecule has 0 saturated carbocycles. The number of nitrogen functional groups attached to an aromatic ring is 1. The van der Waals surface area contributed by atoms with Gasteiger partial charge in [-0.3, -0.25) is 0 Å². The third-order valence-corrected chi connectivity index (χ3v) is 3.67. The van der Waals surface area contributed by atoms with Gasteiger partial charge in [0, 0.05) is 30.5 Å². The van der Waals surface area contributed by atoms with Gasteiger partial charge in [-0.2, -0.15) is 0 Å².